The Balaban J connectivity index is 2.60. The van der Waals surface area contributed by atoms with Crippen LogP contribution in [0.15, 0.2) is 24.3 Å². The van der Waals surface area contributed by atoms with Gasteiger partial charge >= 0.3 is 5.97 Å². The number of esters is 1. The van der Waals surface area contributed by atoms with E-state index >= 15 is 0 Å². The summed E-state index contributed by atoms with van der Waals surface area (Å²) < 4.78 is 9.56. The van der Waals surface area contributed by atoms with Gasteiger partial charge in [0.1, 0.15) is 5.75 Å². The zero-order chi connectivity index (χ0) is 10.4. The first-order chi connectivity index (χ1) is 6.76. The monoisotopic (exact) mass is 190 g/mol. The van der Waals surface area contributed by atoms with Gasteiger partial charge in [0, 0.05) is 5.56 Å². The van der Waals surface area contributed by atoms with Crippen molar-refractivity contribution in [3.63, 3.8) is 0 Å². The summed E-state index contributed by atoms with van der Waals surface area (Å²) in [5.41, 5.74) is 0.715. The second kappa shape index (κ2) is 4.93. The quantitative estimate of drug-likeness (QED) is 0.531. The fourth-order valence-corrected chi connectivity index (χ4v) is 0.877. The minimum atomic E-state index is -0.420. The molecule has 0 atom stereocenters. The van der Waals surface area contributed by atoms with Crippen molar-refractivity contribution in [2.75, 3.05) is 13.7 Å². The topological polar surface area (TPSA) is 35.5 Å². The number of ether oxygens (including phenoxy) is 2. The van der Waals surface area contributed by atoms with Gasteiger partial charge in [-0.15, -0.1) is 6.42 Å². The molecular weight excluding hydrogens is 180 g/mol. The van der Waals surface area contributed by atoms with Crippen LogP contribution in [-0.2, 0) is 9.53 Å². The Hall–Kier alpha value is -1.95. The molecule has 1 rings (SSSR count). The van der Waals surface area contributed by atoms with Gasteiger partial charge in [0.25, 0.3) is 0 Å². The number of benzene rings is 1. The Labute approximate surface area is 82.6 Å². The lowest BCUT2D eigenvalue weighted by molar-refractivity contribution is -0.142. The van der Waals surface area contributed by atoms with Gasteiger partial charge < -0.3 is 9.47 Å². The molecule has 0 aliphatic rings. The molecule has 1 aromatic carbocycles. The smallest absolute Gasteiger partial charge is 0.343 e. The summed E-state index contributed by atoms with van der Waals surface area (Å²) in [5, 5.41) is 0. The predicted molar refractivity (Wildman–Crippen MR) is 51.9 cm³/mol. The van der Waals surface area contributed by atoms with E-state index in [1.54, 1.807) is 24.3 Å². The molecule has 14 heavy (non-hydrogen) atoms. The first kappa shape index (κ1) is 10.1. The lowest BCUT2D eigenvalue weighted by Gasteiger charge is -2.04. The molecule has 0 aromatic heterocycles. The molecule has 0 radical (unpaired) electrons. The first-order valence-corrected chi connectivity index (χ1v) is 4.02. The van der Waals surface area contributed by atoms with E-state index in [-0.39, 0.29) is 6.61 Å². The lowest BCUT2D eigenvalue weighted by Crippen LogP contribution is -2.12. The summed E-state index contributed by atoms with van der Waals surface area (Å²) in [6.07, 6.45) is 5.20. The third-order valence-corrected chi connectivity index (χ3v) is 1.59. The number of carbonyl (C=O) groups is 1. The van der Waals surface area contributed by atoms with Gasteiger partial charge in [-0.1, -0.05) is 12.0 Å². The van der Waals surface area contributed by atoms with Crippen LogP contribution in [0.5, 0.6) is 5.75 Å². The maximum Gasteiger partial charge on any atom is 0.343 e. The van der Waals surface area contributed by atoms with Crippen LogP contribution in [0.1, 0.15) is 5.56 Å². The molecule has 3 nitrogen and oxygen atoms in total. The highest BCUT2D eigenvalue weighted by molar-refractivity contribution is 5.70. The van der Waals surface area contributed by atoms with Crippen molar-refractivity contribution in [2.45, 2.75) is 0 Å². The van der Waals surface area contributed by atoms with Crippen molar-refractivity contribution in [2.24, 2.45) is 0 Å². The predicted octanol–water partition coefficient (Wildman–Crippen LogP) is 1.22. The van der Waals surface area contributed by atoms with Crippen LogP contribution in [0.3, 0.4) is 0 Å². The average molecular weight is 190 g/mol. The molecule has 72 valence electrons. The van der Waals surface area contributed by atoms with Crippen LogP contribution in [0, 0.1) is 12.3 Å². The molecule has 0 fully saturated rings. The summed E-state index contributed by atoms with van der Waals surface area (Å²) in [7, 11) is 1.31. The summed E-state index contributed by atoms with van der Waals surface area (Å²) in [4.78, 5) is 10.8. The molecule has 0 aliphatic heterocycles. The van der Waals surface area contributed by atoms with Crippen LogP contribution in [0.4, 0.5) is 0 Å². The maximum atomic E-state index is 10.8. The van der Waals surface area contributed by atoms with Gasteiger partial charge in [-0.2, -0.15) is 0 Å². The van der Waals surface area contributed by atoms with E-state index in [1.165, 1.54) is 7.11 Å². The lowest BCUT2D eigenvalue weighted by atomic mass is 10.2. The molecule has 0 bridgehead atoms. The molecule has 0 spiro atoms. The van der Waals surface area contributed by atoms with Gasteiger partial charge in [0.05, 0.1) is 7.11 Å². The minimum Gasteiger partial charge on any atom is -0.482 e. The molecule has 0 heterocycles. The fraction of sp³-hybridized carbons (Fsp3) is 0.182. The Kier molecular flexibility index (Phi) is 3.57. The van der Waals surface area contributed by atoms with Gasteiger partial charge in [-0.05, 0) is 18.2 Å². The van der Waals surface area contributed by atoms with E-state index in [0.717, 1.165) is 0 Å². The number of hydrogen-bond donors (Lipinski definition) is 0. The van der Waals surface area contributed by atoms with Gasteiger partial charge in [-0.25, -0.2) is 4.79 Å². The van der Waals surface area contributed by atoms with Crippen LogP contribution < -0.4 is 4.74 Å². The van der Waals surface area contributed by atoms with Crippen molar-refractivity contribution in [3.05, 3.63) is 29.8 Å². The van der Waals surface area contributed by atoms with E-state index in [0.29, 0.717) is 11.3 Å². The van der Waals surface area contributed by atoms with E-state index < -0.39 is 5.97 Å². The Bertz CT molecular complexity index is 363. The Morgan fingerprint density at radius 2 is 2.36 bits per heavy atom. The fourth-order valence-electron chi connectivity index (χ4n) is 0.877. The van der Waals surface area contributed by atoms with Crippen molar-refractivity contribution in [1.82, 2.24) is 0 Å². The minimum absolute atomic E-state index is 0.107. The summed E-state index contributed by atoms with van der Waals surface area (Å²) in [6, 6.07) is 6.96. The van der Waals surface area contributed by atoms with E-state index in [2.05, 4.69) is 10.7 Å². The molecule has 3 heteroatoms. The molecule has 1 aromatic rings. The molecule has 0 saturated carbocycles. The summed E-state index contributed by atoms with van der Waals surface area (Å²) in [6.45, 7) is -0.107. The molecule has 0 unspecified atom stereocenters. The Morgan fingerprint density at radius 1 is 1.57 bits per heavy atom. The highest BCUT2D eigenvalue weighted by Crippen LogP contribution is 2.12. The van der Waals surface area contributed by atoms with Gasteiger partial charge in [0.2, 0.25) is 0 Å². The molecule has 0 N–H and O–H groups in total. The van der Waals surface area contributed by atoms with Crippen molar-refractivity contribution in [1.29, 1.82) is 0 Å². The normalized spacial score (nSPS) is 8.86. The highest BCUT2D eigenvalue weighted by atomic mass is 16.6. The summed E-state index contributed by atoms with van der Waals surface area (Å²) in [5.74, 6) is 2.61. The number of hydrogen-bond acceptors (Lipinski definition) is 3. The van der Waals surface area contributed by atoms with Crippen LogP contribution >= 0.6 is 0 Å². The highest BCUT2D eigenvalue weighted by Gasteiger charge is 2.01. The van der Waals surface area contributed by atoms with E-state index in [1.807, 2.05) is 0 Å². The van der Waals surface area contributed by atoms with E-state index in [9.17, 15) is 4.79 Å². The maximum absolute atomic E-state index is 10.8. The number of carbonyl (C=O) groups excluding carboxylic acids is 1. The van der Waals surface area contributed by atoms with E-state index in [4.69, 9.17) is 11.2 Å². The van der Waals surface area contributed by atoms with Crippen LogP contribution in [-0.4, -0.2) is 19.7 Å². The second-order valence-electron chi connectivity index (χ2n) is 2.54. The first-order valence-electron chi connectivity index (χ1n) is 4.02. The molecule has 0 aliphatic carbocycles. The largest absolute Gasteiger partial charge is 0.482 e. The van der Waals surface area contributed by atoms with Crippen molar-refractivity contribution >= 4 is 5.97 Å². The third kappa shape index (κ3) is 2.83. The number of rotatable bonds is 3. The van der Waals surface area contributed by atoms with Crippen molar-refractivity contribution in [3.8, 4) is 18.1 Å². The SMILES string of the molecule is C#Cc1cccc(OCC(=O)OC)c1. The average Bonchev–Trinajstić information content (AvgIpc) is 2.26. The number of terminal acetylenes is 1. The zero-order valence-corrected chi connectivity index (χ0v) is 7.82. The van der Waals surface area contributed by atoms with Crippen LogP contribution in [0.2, 0.25) is 0 Å². The van der Waals surface area contributed by atoms with Crippen molar-refractivity contribution < 1.29 is 14.3 Å². The van der Waals surface area contributed by atoms with Crippen LogP contribution in [0.25, 0.3) is 0 Å². The third-order valence-electron chi connectivity index (χ3n) is 1.59. The molecule has 0 saturated heterocycles. The second-order valence-corrected chi connectivity index (χ2v) is 2.54. The number of methoxy groups -OCH3 is 1. The zero-order valence-electron chi connectivity index (χ0n) is 7.82. The summed E-state index contributed by atoms with van der Waals surface area (Å²) >= 11 is 0. The Morgan fingerprint density at radius 3 is 3.00 bits per heavy atom. The van der Waals surface area contributed by atoms with Gasteiger partial charge in [0.15, 0.2) is 6.61 Å². The molecular formula is C11H10O3. The van der Waals surface area contributed by atoms with Gasteiger partial charge in [-0.3, -0.25) is 0 Å². The molecule has 0 amide bonds. The standard InChI is InChI=1S/C11H10O3/c1-3-9-5-4-6-10(7-9)14-8-11(12)13-2/h1,4-7H,8H2,2H3.